The Bertz CT molecular complexity index is 332. The van der Waals surface area contributed by atoms with E-state index in [4.69, 9.17) is 11.6 Å². The smallest absolute Gasteiger partial charge is 0.224 e. The lowest BCUT2D eigenvalue weighted by molar-refractivity contribution is 0.610. The number of aromatic nitrogens is 2. The maximum Gasteiger partial charge on any atom is 0.224 e. The van der Waals surface area contributed by atoms with E-state index in [1.54, 1.807) is 6.20 Å². The van der Waals surface area contributed by atoms with Gasteiger partial charge in [0.05, 0.1) is 4.47 Å². The quantitative estimate of drug-likeness (QED) is 0.795. The number of hydrogen-bond donors (Lipinski definition) is 0. The molecule has 15 heavy (non-hydrogen) atoms. The number of anilines is 1. The SMILES string of the molecule is CCCC(C)N(C)c1nc(Cl)ncc1Br. The lowest BCUT2D eigenvalue weighted by Crippen LogP contribution is -2.29. The number of hydrogen-bond acceptors (Lipinski definition) is 3. The summed E-state index contributed by atoms with van der Waals surface area (Å²) in [6.07, 6.45) is 3.96. The molecule has 84 valence electrons. The van der Waals surface area contributed by atoms with Crippen LogP contribution in [0.15, 0.2) is 10.7 Å². The summed E-state index contributed by atoms with van der Waals surface area (Å²) < 4.78 is 0.873. The number of halogens is 2. The van der Waals surface area contributed by atoms with Gasteiger partial charge < -0.3 is 4.90 Å². The summed E-state index contributed by atoms with van der Waals surface area (Å²) in [6.45, 7) is 4.35. The van der Waals surface area contributed by atoms with E-state index < -0.39 is 0 Å². The van der Waals surface area contributed by atoms with E-state index in [1.165, 1.54) is 0 Å². The molecule has 0 aliphatic heterocycles. The van der Waals surface area contributed by atoms with E-state index in [0.29, 0.717) is 6.04 Å². The van der Waals surface area contributed by atoms with Gasteiger partial charge >= 0.3 is 0 Å². The first-order valence-corrected chi connectivity index (χ1v) is 6.14. The van der Waals surface area contributed by atoms with Crippen molar-refractivity contribution in [3.05, 3.63) is 16.0 Å². The Kier molecular flexibility index (Phi) is 4.80. The Hall–Kier alpha value is -0.350. The Labute approximate surface area is 104 Å². The predicted octanol–water partition coefficient (Wildman–Crippen LogP) is 3.52. The van der Waals surface area contributed by atoms with Gasteiger partial charge in [0.1, 0.15) is 5.82 Å². The molecule has 5 heteroatoms. The van der Waals surface area contributed by atoms with Crippen molar-refractivity contribution in [2.45, 2.75) is 32.7 Å². The normalized spacial score (nSPS) is 12.6. The Morgan fingerprint density at radius 1 is 1.60 bits per heavy atom. The first kappa shape index (κ1) is 12.7. The van der Waals surface area contributed by atoms with Crippen LogP contribution in [0.25, 0.3) is 0 Å². The largest absolute Gasteiger partial charge is 0.356 e. The molecule has 0 aromatic carbocycles. The van der Waals surface area contributed by atoms with Crippen molar-refractivity contribution < 1.29 is 0 Å². The average Bonchev–Trinajstić information content (AvgIpc) is 2.21. The van der Waals surface area contributed by atoms with Gasteiger partial charge in [0, 0.05) is 19.3 Å². The Morgan fingerprint density at radius 3 is 2.87 bits per heavy atom. The molecule has 1 rings (SSSR count). The topological polar surface area (TPSA) is 29.0 Å². The summed E-state index contributed by atoms with van der Waals surface area (Å²) in [5.41, 5.74) is 0. The first-order chi connectivity index (χ1) is 7.06. The zero-order valence-corrected chi connectivity index (χ0v) is 11.5. The summed E-state index contributed by atoms with van der Waals surface area (Å²) >= 11 is 9.20. The highest BCUT2D eigenvalue weighted by atomic mass is 79.9. The third-order valence-corrected chi connectivity index (χ3v) is 3.14. The van der Waals surface area contributed by atoms with Crippen molar-refractivity contribution in [3.63, 3.8) is 0 Å². The van der Waals surface area contributed by atoms with Gasteiger partial charge in [-0.05, 0) is 40.9 Å². The minimum absolute atomic E-state index is 0.281. The summed E-state index contributed by atoms with van der Waals surface area (Å²) in [5, 5.41) is 0.281. The molecular formula is C10H15BrClN3. The zero-order valence-electron chi connectivity index (χ0n) is 9.17. The molecule has 1 heterocycles. The Morgan fingerprint density at radius 2 is 2.27 bits per heavy atom. The minimum Gasteiger partial charge on any atom is -0.356 e. The number of nitrogens with zero attached hydrogens (tertiary/aromatic N) is 3. The van der Waals surface area contributed by atoms with Gasteiger partial charge in [-0.3, -0.25) is 0 Å². The van der Waals surface area contributed by atoms with Crippen LogP contribution in [0.1, 0.15) is 26.7 Å². The molecule has 0 amide bonds. The molecule has 0 spiro atoms. The van der Waals surface area contributed by atoms with E-state index in [9.17, 15) is 0 Å². The third kappa shape index (κ3) is 3.31. The summed E-state index contributed by atoms with van der Waals surface area (Å²) in [4.78, 5) is 10.2. The second kappa shape index (κ2) is 5.66. The molecule has 1 unspecified atom stereocenters. The minimum atomic E-state index is 0.281. The summed E-state index contributed by atoms with van der Waals surface area (Å²) in [6, 6.07) is 0.442. The molecule has 0 radical (unpaired) electrons. The van der Waals surface area contributed by atoms with Gasteiger partial charge in [-0.15, -0.1) is 0 Å². The Balaban J connectivity index is 2.89. The van der Waals surface area contributed by atoms with Crippen molar-refractivity contribution in [1.82, 2.24) is 9.97 Å². The maximum atomic E-state index is 5.77. The van der Waals surface area contributed by atoms with Crippen LogP contribution in [0.3, 0.4) is 0 Å². The third-order valence-electron chi connectivity index (χ3n) is 2.40. The monoisotopic (exact) mass is 291 g/mol. The van der Waals surface area contributed by atoms with E-state index in [1.807, 2.05) is 7.05 Å². The van der Waals surface area contributed by atoms with E-state index in [-0.39, 0.29) is 5.28 Å². The molecule has 1 atom stereocenters. The summed E-state index contributed by atoms with van der Waals surface area (Å²) in [7, 11) is 2.02. The highest BCUT2D eigenvalue weighted by Gasteiger charge is 2.14. The van der Waals surface area contributed by atoms with E-state index in [0.717, 1.165) is 23.1 Å². The van der Waals surface area contributed by atoms with Crippen molar-refractivity contribution in [2.75, 3.05) is 11.9 Å². The lowest BCUT2D eigenvalue weighted by atomic mass is 10.2. The molecule has 0 fully saturated rings. The molecule has 0 saturated heterocycles. The molecule has 0 aliphatic rings. The molecule has 1 aromatic heterocycles. The van der Waals surface area contributed by atoms with Crippen LogP contribution < -0.4 is 4.90 Å². The van der Waals surface area contributed by atoms with Gasteiger partial charge in [-0.1, -0.05) is 13.3 Å². The van der Waals surface area contributed by atoms with Crippen molar-refractivity contribution in [3.8, 4) is 0 Å². The van der Waals surface area contributed by atoms with Crippen molar-refractivity contribution in [2.24, 2.45) is 0 Å². The standard InChI is InChI=1S/C10H15BrClN3/c1-4-5-7(2)15(3)9-8(11)6-13-10(12)14-9/h6-7H,4-5H2,1-3H3. The molecule has 1 aromatic rings. The van der Waals surface area contributed by atoms with Crippen molar-refractivity contribution >= 4 is 33.3 Å². The molecule has 0 saturated carbocycles. The van der Waals surface area contributed by atoms with Gasteiger partial charge in [0.2, 0.25) is 5.28 Å². The maximum absolute atomic E-state index is 5.77. The molecular weight excluding hydrogens is 277 g/mol. The second-order valence-corrected chi connectivity index (χ2v) is 4.75. The van der Waals surface area contributed by atoms with Gasteiger partial charge in [0.25, 0.3) is 0 Å². The van der Waals surface area contributed by atoms with Crippen LogP contribution in [0.2, 0.25) is 5.28 Å². The first-order valence-electron chi connectivity index (χ1n) is 4.97. The van der Waals surface area contributed by atoms with Gasteiger partial charge in [-0.25, -0.2) is 4.98 Å². The highest BCUT2D eigenvalue weighted by molar-refractivity contribution is 9.10. The fraction of sp³-hybridized carbons (Fsp3) is 0.600. The van der Waals surface area contributed by atoms with Crippen LogP contribution in [0.4, 0.5) is 5.82 Å². The van der Waals surface area contributed by atoms with Crippen LogP contribution in [0, 0.1) is 0 Å². The fourth-order valence-electron chi connectivity index (χ4n) is 1.40. The van der Waals surface area contributed by atoms with Gasteiger partial charge in [-0.2, -0.15) is 4.98 Å². The highest BCUT2D eigenvalue weighted by Crippen LogP contribution is 2.25. The fourth-order valence-corrected chi connectivity index (χ4v) is 2.00. The predicted molar refractivity (Wildman–Crippen MR) is 67.5 cm³/mol. The number of rotatable bonds is 4. The summed E-state index contributed by atoms with van der Waals surface area (Å²) in [5.74, 6) is 0.843. The molecule has 0 N–H and O–H groups in total. The van der Waals surface area contributed by atoms with Crippen molar-refractivity contribution in [1.29, 1.82) is 0 Å². The van der Waals surface area contributed by atoms with Crippen LogP contribution >= 0.6 is 27.5 Å². The van der Waals surface area contributed by atoms with E-state index in [2.05, 4.69) is 44.6 Å². The van der Waals surface area contributed by atoms with Crippen LogP contribution in [-0.2, 0) is 0 Å². The average molecular weight is 293 g/mol. The molecule has 0 bridgehead atoms. The van der Waals surface area contributed by atoms with Crippen LogP contribution in [0.5, 0.6) is 0 Å². The molecule has 0 aliphatic carbocycles. The zero-order chi connectivity index (χ0) is 11.4. The lowest BCUT2D eigenvalue weighted by Gasteiger charge is -2.26. The van der Waals surface area contributed by atoms with Gasteiger partial charge in [0.15, 0.2) is 0 Å². The second-order valence-electron chi connectivity index (χ2n) is 3.56. The van der Waals surface area contributed by atoms with E-state index >= 15 is 0 Å². The molecule has 3 nitrogen and oxygen atoms in total. The van der Waals surface area contributed by atoms with Crippen LogP contribution in [-0.4, -0.2) is 23.1 Å².